The zero-order valence-corrected chi connectivity index (χ0v) is 10.7. The largest absolute Gasteiger partial charge is 0.351 e. The molecule has 3 rings (SSSR count). The number of rotatable bonds is 1. The molecule has 1 aliphatic rings. The molecule has 1 N–H and O–H groups in total. The number of carbonyl (C=O) groups excluding carboxylic acids is 1. The van der Waals surface area contributed by atoms with Crippen molar-refractivity contribution in [2.75, 3.05) is 24.6 Å². The molecule has 1 saturated heterocycles. The van der Waals surface area contributed by atoms with Gasteiger partial charge < -0.3 is 9.88 Å². The molecule has 2 heterocycles. The Morgan fingerprint density at radius 3 is 2.67 bits per heavy atom. The second kappa shape index (κ2) is 4.57. The Bertz CT molecular complexity index is 577. The molecule has 0 aliphatic carbocycles. The van der Waals surface area contributed by atoms with Crippen LogP contribution in [0.2, 0.25) is 0 Å². The standard InChI is InChI=1S/C13H14N2O2S/c16-13(15-5-7-18(17)8-6-15)12-9-10-3-1-2-4-11(10)14-12/h1-4,9,14H,5-8H2. The predicted octanol–water partition coefficient (Wildman–Crippen LogP) is 1.37. The summed E-state index contributed by atoms with van der Waals surface area (Å²) in [6.45, 7) is 1.17. The van der Waals surface area contributed by atoms with Crippen molar-refractivity contribution in [1.29, 1.82) is 0 Å². The summed E-state index contributed by atoms with van der Waals surface area (Å²) in [5, 5.41) is 1.04. The average molecular weight is 262 g/mol. The maximum absolute atomic E-state index is 12.3. The van der Waals surface area contributed by atoms with Gasteiger partial charge in [-0.2, -0.15) is 0 Å². The van der Waals surface area contributed by atoms with E-state index in [9.17, 15) is 9.00 Å². The van der Waals surface area contributed by atoms with Crippen molar-refractivity contribution in [3.05, 3.63) is 36.0 Å². The van der Waals surface area contributed by atoms with Crippen molar-refractivity contribution in [3.8, 4) is 0 Å². The average Bonchev–Trinajstić information content (AvgIpc) is 2.82. The molecule has 1 aliphatic heterocycles. The molecule has 1 aromatic carbocycles. The van der Waals surface area contributed by atoms with Gasteiger partial charge in [0.15, 0.2) is 0 Å². The maximum Gasteiger partial charge on any atom is 0.270 e. The fourth-order valence-corrected chi connectivity index (χ4v) is 3.25. The third-order valence-corrected chi connectivity index (χ3v) is 4.50. The fourth-order valence-electron chi connectivity index (χ4n) is 2.20. The molecule has 18 heavy (non-hydrogen) atoms. The van der Waals surface area contributed by atoms with Gasteiger partial charge in [0, 0.05) is 46.3 Å². The number of hydrogen-bond acceptors (Lipinski definition) is 2. The van der Waals surface area contributed by atoms with E-state index in [4.69, 9.17) is 0 Å². The number of nitrogens with one attached hydrogen (secondary N) is 1. The van der Waals surface area contributed by atoms with Gasteiger partial charge in [-0.1, -0.05) is 18.2 Å². The van der Waals surface area contributed by atoms with Crippen LogP contribution < -0.4 is 0 Å². The summed E-state index contributed by atoms with van der Waals surface area (Å²) < 4.78 is 11.3. The van der Waals surface area contributed by atoms with Crippen molar-refractivity contribution in [2.24, 2.45) is 0 Å². The van der Waals surface area contributed by atoms with Gasteiger partial charge in [-0.3, -0.25) is 9.00 Å². The van der Waals surface area contributed by atoms with E-state index in [-0.39, 0.29) is 5.91 Å². The predicted molar refractivity (Wildman–Crippen MR) is 72.1 cm³/mol. The van der Waals surface area contributed by atoms with Crippen LogP contribution in [0.3, 0.4) is 0 Å². The Morgan fingerprint density at radius 1 is 1.22 bits per heavy atom. The van der Waals surface area contributed by atoms with Crippen molar-refractivity contribution in [1.82, 2.24) is 9.88 Å². The number of amides is 1. The molecule has 0 bridgehead atoms. The van der Waals surface area contributed by atoms with Crippen molar-refractivity contribution < 1.29 is 9.00 Å². The lowest BCUT2D eigenvalue weighted by atomic mass is 10.2. The zero-order chi connectivity index (χ0) is 12.5. The molecule has 1 amide bonds. The van der Waals surface area contributed by atoms with Gasteiger partial charge in [-0.05, 0) is 12.1 Å². The lowest BCUT2D eigenvalue weighted by Crippen LogP contribution is -2.41. The topological polar surface area (TPSA) is 53.2 Å². The van der Waals surface area contributed by atoms with Crippen LogP contribution in [0.1, 0.15) is 10.5 Å². The van der Waals surface area contributed by atoms with Crippen LogP contribution in [0.15, 0.2) is 30.3 Å². The molecule has 5 heteroatoms. The van der Waals surface area contributed by atoms with Crippen molar-refractivity contribution in [2.45, 2.75) is 0 Å². The first-order valence-corrected chi connectivity index (χ1v) is 7.45. The summed E-state index contributed by atoms with van der Waals surface area (Å²) in [5.41, 5.74) is 1.59. The van der Waals surface area contributed by atoms with Crippen LogP contribution in [0.4, 0.5) is 0 Å². The normalized spacial score (nSPS) is 17.2. The molecular formula is C13H14N2O2S. The van der Waals surface area contributed by atoms with Gasteiger partial charge in [-0.15, -0.1) is 0 Å². The second-order valence-corrected chi connectivity index (χ2v) is 6.11. The molecule has 0 radical (unpaired) electrons. The number of aromatic amines is 1. The summed E-state index contributed by atoms with van der Waals surface area (Å²) in [6.07, 6.45) is 0. The Hall–Kier alpha value is -1.62. The number of H-pyrrole nitrogens is 1. The smallest absolute Gasteiger partial charge is 0.270 e. The first-order chi connectivity index (χ1) is 8.74. The number of carbonyl (C=O) groups is 1. The Labute approximate surface area is 107 Å². The minimum Gasteiger partial charge on any atom is -0.351 e. The zero-order valence-electron chi connectivity index (χ0n) is 9.89. The van der Waals surface area contributed by atoms with E-state index in [0.29, 0.717) is 30.3 Å². The molecule has 0 spiro atoms. The quantitative estimate of drug-likeness (QED) is 0.844. The van der Waals surface area contributed by atoms with Gasteiger partial charge in [0.25, 0.3) is 5.91 Å². The van der Waals surface area contributed by atoms with E-state index >= 15 is 0 Å². The molecule has 0 unspecified atom stereocenters. The maximum atomic E-state index is 12.3. The Morgan fingerprint density at radius 2 is 1.94 bits per heavy atom. The monoisotopic (exact) mass is 262 g/mol. The summed E-state index contributed by atoms with van der Waals surface area (Å²) in [7, 11) is -0.753. The van der Waals surface area contributed by atoms with Gasteiger partial charge in [0.05, 0.1) is 0 Å². The van der Waals surface area contributed by atoms with Gasteiger partial charge in [0.2, 0.25) is 0 Å². The van der Waals surface area contributed by atoms with Crippen LogP contribution in [-0.2, 0) is 10.8 Å². The Kier molecular flexibility index (Phi) is 2.91. The number of aromatic nitrogens is 1. The summed E-state index contributed by atoms with van der Waals surface area (Å²) in [4.78, 5) is 17.2. The molecule has 94 valence electrons. The Balaban J connectivity index is 1.85. The minimum atomic E-state index is -0.753. The fraction of sp³-hybridized carbons (Fsp3) is 0.308. The summed E-state index contributed by atoms with van der Waals surface area (Å²) >= 11 is 0. The van der Waals surface area contributed by atoms with Gasteiger partial charge in [0.1, 0.15) is 5.69 Å². The second-order valence-electron chi connectivity index (χ2n) is 4.41. The van der Waals surface area contributed by atoms with E-state index in [1.165, 1.54) is 0 Å². The van der Waals surface area contributed by atoms with Gasteiger partial charge in [-0.25, -0.2) is 0 Å². The third kappa shape index (κ3) is 2.06. The molecule has 2 aromatic rings. The molecular weight excluding hydrogens is 248 g/mol. The van der Waals surface area contributed by atoms with E-state index < -0.39 is 10.8 Å². The summed E-state index contributed by atoms with van der Waals surface area (Å²) in [5.74, 6) is 1.18. The first-order valence-electron chi connectivity index (χ1n) is 5.96. The minimum absolute atomic E-state index is 0.00269. The molecule has 0 saturated carbocycles. The van der Waals surface area contributed by atoms with Crippen LogP contribution in [0.5, 0.6) is 0 Å². The van der Waals surface area contributed by atoms with Crippen molar-refractivity contribution >= 4 is 27.6 Å². The van der Waals surface area contributed by atoms with E-state index in [1.807, 2.05) is 30.3 Å². The number of para-hydroxylation sites is 1. The third-order valence-electron chi connectivity index (χ3n) is 3.23. The van der Waals surface area contributed by atoms with Crippen LogP contribution in [0, 0.1) is 0 Å². The van der Waals surface area contributed by atoms with E-state index in [2.05, 4.69) is 4.98 Å². The van der Waals surface area contributed by atoms with E-state index in [1.54, 1.807) is 4.90 Å². The molecule has 0 atom stereocenters. The first kappa shape index (κ1) is 11.5. The highest BCUT2D eigenvalue weighted by Gasteiger charge is 2.22. The molecule has 1 aromatic heterocycles. The number of hydrogen-bond donors (Lipinski definition) is 1. The number of nitrogens with zero attached hydrogens (tertiary/aromatic N) is 1. The van der Waals surface area contributed by atoms with Crippen molar-refractivity contribution in [3.63, 3.8) is 0 Å². The summed E-state index contributed by atoms with van der Waals surface area (Å²) in [6, 6.07) is 9.71. The lowest BCUT2D eigenvalue weighted by molar-refractivity contribution is 0.0766. The number of fused-ring (bicyclic) bond motifs is 1. The lowest BCUT2D eigenvalue weighted by Gasteiger charge is -2.25. The number of benzene rings is 1. The highest BCUT2D eigenvalue weighted by Crippen LogP contribution is 2.16. The molecule has 1 fully saturated rings. The highest BCUT2D eigenvalue weighted by molar-refractivity contribution is 7.85. The highest BCUT2D eigenvalue weighted by atomic mass is 32.2. The van der Waals surface area contributed by atoms with E-state index in [0.717, 1.165) is 10.9 Å². The van der Waals surface area contributed by atoms with Crippen LogP contribution >= 0.6 is 0 Å². The van der Waals surface area contributed by atoms with Crippen LogP contribution in [0.25, 0.3) is 10.9 Å². The van der Waals surface area contributed by atoms with Crippen LogP contribution in [-0.4, -0.2) is 44.6 Å². The SMILES string of the molecule is O=C(c1cc2ccccc2[nH]1)N1CCS(=O)CC1. The molecule has 4 nitrogen and oxygen atoms in total. The van der Waals surface area contributed by atoms with Gasteiger partial charge >= 0.3 is 0 Å².